The Bertz CT molecular complexity index is 792. The molecule has 9 heteroatoms. The van der Waals surface area contributed by atoms with Gasteiger partial charge in [-0.05, 0) is 37.1 Å². The summed E-state index contributed by atoms with van der Waals surface area (Å²) in [5.41, 5.74) is 1.53. The van der Waals surface area contributed by atoms with E-state index >= 15 is 0 Å². The molecule has 2 aromatic carbocycles. The number of nitro groups is 2. The molecule has 0 saturated heterocycles. The molecule has 118 valence electrons. The summed E-state index contributed by atoms with van der Waals surface area (Å²) in [6.07, 6.45) is 0. The number of hydrogen-bond donors (Lipinski definition) is 0. The molecule has 0 N–H and O–H groups in total. The SMILES string of the molecule is Cc1ccc(N=S=Nc2ccc(C)cc2[N+](=O)[O-])c([N+](=O)[O-])c1. The van der Waals surface area contributed by atoms with E-state index in [1.807, 2.05) is 0 Å². The standard InChI is InChI=1S/C14H12N4O4S/c1-9-3-5-11(13(7-9)17(19)20)15-23-16-12-6-4-10(2)8-14(12)18(21)22/h3-8H,1-2H3. The normalized spacial score (nSPS) is 10.0. The van der Waals surface area contributed by atoms with Crippen LogP contribution in [0.15, 0.2) is 45.1 Å². The third kappa shape index (κ3) is 4.04. The van der Waals surface area contributed by atoms with Gasteiger partial charge in [0.1, 0.15) is 0 Å². The van der Waals surface area contributed by atoms with Crippen molar-refractivity contribution >= 4 is 34.1 Å². The van der Waals surface area contributed by atoms with Gasteiger partial charge in [0.05, 0.1) is 21.2 Å². The van der Waals surface area contributed by atoms with E-state index in [4.69, 9.17) is 0 Å². The lowest BCUT2D eigenvalue weighted by atomic mass is 10.2. The molecular formula is C14H12N4O4S. The summed E-state index contributed by atoms with van der Waals surface area (Å²) in [7, 11) is 0. The minimum absolute atomic E-state index is 0.133. The molecule has 23 heavy (non-hydrogen) atoms. The number of aryl methyl sites for hydroxylation is 2. The Morgan fingerprint density at radius 3 is 1.57 bits per heavy atom. The fraction of sp³-hybridized carbons (Fsp3) is 0.143. The molecule has 0 amide bonds. The highest BCUT2D eigenvalue weighted by Gasteiger charge is 2.14. The molecule has 2 aromatic rings. The van der Waals surface area contributed by atoms with E-state index in [0.29, 0.717) is 11.4 Å². The zero-order valence-corrected chi connectivity index (χ0v) is 13.1. The lowest BCUT2D eigenvalue weighted by molar-refractivity contribution is -0.384. The molecule has 0 spiro atoms. The predicted molar refractivity (Wildman–Crippen MR) is 87.2 cm³/mol. The maximum absolute atomic E-state index is 11.0. The van der Waals surface area contributed by atoms with Crippen LogP contribution in [0.25, 0.3) is 0 Å². The van der Waals surface area contributed by atoms with E-state index in [1.165, 1.54) is 24.3 Å². The highest BCUT2D eigenvalue weighted by Crippen LogP contribution is 2.30. The van der Waals surface area contributed by atoms with Crippen LogP contribution in [0.2, 0.25) is 0 Å². The van der Waals surface area contributed by atoms with E-state index in [9.17, 15) is 20.2 Å². The fourth-order valence-corrected chi connectivity index (χ4v) is 2.35. The number of hydrogen-bond acceptors (Lipinski definition) is 6. The monoisotopic (exact) mass is 332 g/mol. The summed E-state index contributed by atoms with van der Waals surface area (Å²) in [5.74, 6) is 0. The summed E-state index contributed by atoms with van der Waals surface area (Å²) in [5, 5.41) is 22.0. The molecule has 0 aliphatic rings. The molecule has 0 aliphatic heterocycles. The van der Waals surface area contributed by atoms with Crippen LogP contribution in [0.3, 0.4) is 0 Å². The lowest BCUT2D eigenvalue weighted by Crippen LogP contribution is -1.89. The molecule has 0 atom stereocenters. The van der Waals surface area contributed by atoms with Crippen molar-refractivity contribution < 1.29 is 9.85 Å². The molecule has 0 saturated carbocycles. The van der Waals surface area contributed by atoms with Crippen LogP contribution < -0.4 is 0 Å². The van der Waals surface area contributed by atoms with Gasteiger partial charge in [-0.25, -0.2) is 0 Å². The quantitative estimate of drug-likeness (QED) is 0.604. The summed E-state index contributed by atoms with van der Waals surface area (Å²) >= 11 is 0.675. The van der Waals surface area contributed by atoms with Crippen molar-refractivity contribution in [3.63, 3.8) is 0 Å². The van der Waals surface area contributed by atoms with Crippen LogP contribution in [0.1, 0.15) is 11.1 Å². The Kier molecular flexibility index (Phi) is 4.91. The second-order valence-electron chi connectivity index (χ2n) is 4.76. The highest BCUT2D eigenvalue weighted by molar-refractivity contribution is 7.57. The molecular weight excluding hydrogens is 320 g/mol. The van der Waals surface area contributed by atoms with E-state index < -0.39 is 9.85 Å². The fourth-order valence-electron chi connectivity index (χ4n) is 1.82. The Hall–Kier alpha value is -2.94. The summed E-state index contributed by atoms with van der Waals surface area (Å²) in [6.45, 7) is 3.48. The topological polar surface area (TPSA) is 111 Å². The smallest absolute Gasteiger partial charge is 0.258 e. The van der Waals surface area contributed by atoms with Crippen LogP contribution >= 0.6 is 0 Å². The van der Waals surface area contributed by atoms with Crippen LogP contribution in [0.5, 0.6) is 0 Å². The largest absolute Gasteiger partial charge is 0.296 e. The van der Waals surface area contributed by atoms with Crippen LogP contribution in [0.4, 0.5) is 22.7 Å². The maximum atomic E-state index is 11.0. The minimum atomic E-state index is -0.527. The molecule has 2 rings (SSSR count). The van der Waals surface area contributed by atoms with E-state index in [-0.39, 0.29) is 22.7 Å². The lowest BCUT2D eigenvalue weighted by Gasteiger charge is -1.97. The molecule has 8 nitrogen and oxygen atoms in total. The zero-order chi connectivity index (χ0) is 17.0. The van der Waals surface area contributed by atoms with Crippen molar-refractivity contribution in [1.82, 2.24) is 0 Å². The average Bonchev–Trinajstić information content (AvgIpc) is 2.49. The maximum Gasteiger partial charge on any atom is 0.296 e. The first kappa shape index (κ1) is 16.4. The highest BCUT2D eigenvalue weighted by atomic mass is 32.1. The molecule has 0 radical (unpaired) electrons. The van der Waals surface area contributed by atoms with Crippen LogP contribution in [-0.2, 0) is 11.4 Å². The van der Waals surface area contributed by atoms with Crippen molar-refractivity contribution in [2.24, 2.45) is 8.73 Å². The molecule has 0 aliphatic carbocycles. The first-order chi connectivity index (χ1) is 10.9. The third-order valence-electron chi connectivity index (χ3n) is 2.93. The molecule has 0 unspecified atom stereocenters. The first-order valence-electron chi connectivity index (χ1n) is 6.47. The van der Waals surface area contributed by atoms with Crippen LogP contribution in [0, 0.1) is 34.1 Å². The van der Waals surface area contributed by atoms with Gasteiger partial charge in [-0.15, -0.1) is 0 Å². The Morgan fingerprint density at radius 1 is 0.826 bits per heavy atom. The van der Waals surface area contributed by atoms with Gasteiger partial charge in [0.25, 0.3) is 11.4 Å². The van der Waals surface area contributed by atoms with Gasteiger partial charge < -0.3 is 0 Å². The predicted octanol–water partition coefficient (Wildman–Crippen LogP) is 4.53. The van der Waals surface area contributed by atoms with Gasteiger partial charge in [0.15, 0.2) is 11.4 Å². The summed E-state index contributed by atoms with van der Waals surface area (Å²) in [4.78, 5) is 21.0. The average molecular weight is 332 g/mol. The summed E-state index contributed by atoms with van der Waals surface area (Å²) in [6, 6.07) is 9.24. The zero-order valence-electron chi connectivity index (χ0n) is 12.3. The van der Waals surface area contributed by atoms with Gasteiger partial charge in [0, 0.05) is 12.1 Å². The molecule has 0 bridgehead atoms. The number of rotatable bonds is 4. The second-order valence-corrected chi connectivity index (χ2v) is 5.29. The number of nitrogens with zero attached hydrogens (tertiary/aromatic N) is 4. The van der Waals surface area contributed by atoms with Gasteiger partial charge >= 0.3 is 0 Å². The van der Waals surface area contributed by atoms with Crippen molar-refractivity contribution in [1.29, 1.82) is 0 Å². The Morgan fingerprint density at radius 2 is 1.22 bits per heavy atom. The molecule has 0 aromatic heterocycles. The van der Waals surface area contributed by atoms with Crippen molar-refractivity contribution in [2.45, 2.75) is 13.8 Å². The van der Waals surface area contributed by atoms with E-state index in [1.54, 1.807) is 26.0 Å². The molecule has 0 fully saturated rings. The van der Waals surface area contributed by atoms with E-state index in [0.717, 1.165) is 11.1 Å². The minimum Gasteiger partial charge on any atom is -0.258 e. The summed E-state index contributed by atoms with van der Waals surface area (Å²) < 4.78 is 7.94. The van der Waals surface area contributed by atoms with Crippen LogP contribution in [-0.4, -0.2) is 9.85 Å². The Labute approximate surface area is 135 Å². The van der Waals surface area contributed by atoms with Crippen molar-refractivity contribution in [3.8, 4) is 0 Å². The number of nitro benzene ring substituents is 2. The van der Waals surface area contributed by atoms with Crippen molar-refractivity contribution in [2.75, 3.05) is 0 Å². The second kappa shape index (κ2) is 6.88. The number of benzene rings is 2. The van der Waals surface area contributed by atoms with Gasteiger partial charge in [-0.1, -0.05) is 12.1 Å². The molecule has 0 heterocycles. The van der Waals surface area contributed by atoms with E-state index in [2.05, 4.69) is 8.73 Å². The van der Waals surface area contributed by atoms with Gasteiger partial charge in [-0.2, -0.15) is 8.73 Å². The third-order valence-corrected chi connectivity index (χ3v) is 3.49. The van der Waals surface area contributed by atoms with Crippen molar-refractivity contribution in [3.05, 3.63) is 67.8 Å². The van der Waals surface area contributed by atoms with Gasteiger partial charge in [0.2, 0.25) is 0 Å². The Balaban J connectivity index is 2.44. The first-order valence-corrected chi connectivity index (χ1v) is 7.20. The van der Waals surface area contributed by atoms with Gasteiger partial charge in [-0.3, -0.25) is 20.2 Å².